The number of para-hydroxylation sites is 1. The molecule has 0 aliphatic heterocycles. The van der Waals surface area contributed by atoms with Gasteiger partial charge in [0.15, 0.2) is 12.4 Å². The van der Waals surface area contributed by atoms with E-state index in [9.17, 15) is 9.59 Å². The average Bonchev–Trinajstić information content (AvgIpc) is 3.25. The lowest BCUT2D eigenvalue weighted by Crippen LogP contribution is -2.41. The molecule has 0 fully saturated rings. The highest BCUT2D eigenvalue weighted by Gasteiger charge is 2.22. The zero-order chi connectivity index (χ0) is 18.7. The fourth-order valence-corrected chi connectivity index (χ4v) is 3.02. The summed E-state index contributed by atoms with van der Waals surface area (Å²) in [6.07, 6.45) is 5.39. The van der Waals surface area contributed by atoms with Crippen LogP contribution in [0.15, 0.2) is 46.2 Å². The van der Waals surface area contributed by atoms with E-state index < -0.39 is 5.54 Å². The van der Waals surface area contributed by atoms with Crippen LogP contribution in [0, 0.1) is 12.3 Å². The quantitative estimate of drug-likeness (QED) is 0.530. The molecule has 3 rings (SSSR count). The van der Waals surface area contributed by atoms with E-state index in [1.54, 1.807) is 37.4 Å². The monoisotopic (exact) mass is 367 g/mol. The normalized spacial score (nSPS) is 11.1. The number of carbonyl (C=O) groups excluding carboxylic acids is 2. The topological polar surface area (TPSA) is 68.5 Å². The number of nitrogens with one attached hydrogen (secondary N) is 1. The molecular formula is C20H17NO4S. The Kier molecular flexibility index (Phi) is 4.83. The standard InChI is InChI=1S/C20H17NO4S/c1-4-20(2,3)21-19(23)18-16(9-10-26-18)24-12-14(22)17-11-13-7-5-6-8-15(13)25-17/h1,5-11H,12H2,2-3H3,(H,21,23). The molecular weight excluding hydrogens is 350 g/mol. The molecule has 1 amide bonds. The van der Waals surface area contributed by atoms with Crippen molar-refractivity contribution in [2.45, 2.75) is 19.4 Å². The van der Waals surface area contributed by atoms with Gasteiger partial charge in [-0.05, 0) is 37.4 Å². The van der Waals surface area contributed by atoms with E-state index in [-0.39, 0.29) is 24.1 Å². The third-order valence-corrected chi connectivity index (χ3v) is 4.58. The molecule has 3 aromatic rings. The number of hydrogen-bond acceptors (Lipinski definition) is 5. The zero-order valence-corrected chi connectivity index (χ0v) is 15.2. The van der Waals surface area contributed by atoms with Gasteiger partial charge < -0.3 is 14.5 Å². The Labute approximate surface area is 155 Å². The lowest BCUT2D eigenvalue weighted by atomic mass is 10.1. The van der Waals surface area contributed by atoms with Gasteiger partial charge in [0.2, 0.25) is 5.78 Å². The van der Waals surface area contributed by atoms with Gasteiger partial charge in [-0.3, -0.25) is 9.59 Å². The maximum atomic E-state index is 12.4. The largest absolute Gasteiger partial charge is 0.484 e. The van der Waals surface area contributed by atoms with Crippen molar-refractivity contribution in [3.8, 4) is 18.1 Å². The van der Waals surface area contributed by atoms with Gasteiger partial charge in [0, 0.05) is 5.39 Å². The molecule has 26 heavy (non-hydrogen) atoms. The molecule has 0 saturated carbocycles. The Morgan fingerprint density at radius 2 is 2.08 bits per heavy atom. The van der Waals surface area contributed by atoms with Crippen molar-refractivity contribution in [2.75, 3.05) is 6.61 Å². The van der Waals surface area contributed by atoms with Crippen LogP contribution in [0.25, 0.3) is 11.0 Å². The third-order valence-electron chi connectivity index (χ3n) is 3.68. The molecule has 0 aliphatic carbocycles. The summed E-state index contributed by atoms with van der Waals surface area (Å²) in [6.45, 7) is 3.23. The van der Waals surface area contributed by atoms with Crippen molar-refractivity contribution in [3.63, 3.8) is 0 Å². The van der Waals surface area contributed by atoms with Gasteiger partial charge in [-0.1, -0.05) is 24.1 Å². The predicted molar refractivity (Wildman–Crippen MR) is 101 cm³/mol. The maximum Gasteiger partial charge on any atom is 0.266 e. The smallest absolute Gasteiger partial charge is 0.266 e. The molecule has 2 heterocycles. The van der Waals surface area contributed by atoms with E-state index in [2.05, 4.69) is 11.2 Å². The minimum absolute atomic E-state index is 0.223. The molecule has 0 unspecified atom stereocenters. The molecule has 5 nitrogen and oxygen atoms in total. The maximum absolute atomic E-state index is 12.4. The molecule has 0 bridgehead atoms. The first kappa shape index (κ1) is 17.8. The number of Topliss-reactive ketones (excluding diaryl/α,β-unsaturated/α-hetero) is 1. The number of amides is 1. The summed E-state index contributed by atoms with van der Waals surface area (Å²) in [4.78, 5) is 25.0. The van der Waals surface area contributed by atoms with Crippen LogP contribution in [0.1, 0.15) is 34.1 Å². The number of carbonyl (C=O) groups is 2. The van der Waals surface area contributed by atoms with E-state index in [1.165, 1.54) is 11.3 Å². The Balaban J connectivity index is 1.69. The number of thiophene rings is 1. The number of furan rings is 1. The second-order valence-electron chi connectivity index (χ2n) is 6.20. The van der Waals surface area contributed by atoms with Crippen molar-refractivity contribution in [3.05, 3.63) is 52.4 Å². The summed E-state index contributed by atoms with van der Waals surface area (Å²) in [5.74, 6) is 2.42. The molecule has 0 spiro atoms. The first-order valence-electron chi connectivity index (χ1n) is 7.92. The minimum atomic E-state index is -0.775. The molecule has 0 radical (unpaired) electrons. The highest BCUT2D eigenvalue weighted by molar-refractivity contribution is 7.12. The fraction of sp³-hybridized carbons (Fsp3) is 0.200. The molecule has 6 heteroatoms. The summed E-state index contributed by atoms with van der Waals surface area (Å²) < 4.78 is 11.1. The molecule has 1 aromatic carbocycles. The van der Waals surface area contributed by atoms with Gasteiger partial charge in [0.1, 0.15) is 16.2 Å². The second kappa shape index (κ2) is 7.06. The van der Waals surface area contributed by atoms with Crippen LogP contribution in [0.2, 0.25) is 0 Å². The molecule has 132 valence electrons. The summed E-state index contributed by atoms with van der Waals surface area (Å²) in [5.41, 5.74) is -0.134. The van der Waals surface area contributed by atoms with Crippen LogP contribution in [-0.4, -0.2) is 23.8 Å². The lowest BCUT2D eigenvalue weighted by Gasteiger charge is -2.19. The molecule has 0 atom stereocenters. The van der Waals surface area contributed by atoms with Gasteiger partial charge in [-0.15, -0.1) is 17.8 Å². The fourth-order valence-electron chi connectivity index (χ4n) is 2.29. The first-order chi connectivity index (χ1) is 12.4. The average molecular weight is 367 g/mol. The van der Waals surface area contributed by atoms with Crippen LogP contribution in [0.4, 0.5) is 0 Å². The van der Waals surface area contributed by atoms with E-state index in [4.69, 9.17) is 15.6 Å². The summed E-state index contributed by atoms with van der Waals surface area (Å²) in [5, 5.41) is 5.31. The SMILES string of the molecule is C#CC(C)(C)NC(=O)c1sccc1OCC(=O)c1cc2ccccc2o1. The summed E-state index contributed by atoms with van der Waals surface area (Å²) in [7, 11) is 0. The van der Waals surface area contributed by atoms with Crippen LogP contribution < -0.4 is 10.1 Å². The second-order valence-corrected chi connectivity index (χ2v) is 7.11. The number of hydrogen-bond donors (Lipinski definition) is 1. The molecule has 1 N–H and O–H groups in total. The molecule has 0 saturated heterocycles. The predicted octanol–water partition coefficient (Wildman–Crippen LogP) is 3.90. The van der Waals surface area contributed by atoms with E-state index in [0.717, 1.165) is 5.39 Å². The highest BCUT2D eigenvalue weighted by atomic mass is 32.1. The molecule has 2 aromatic heterocycles. The van der Waals surface area contributed by atoms with Crippen molar-refractivity contribution in [1.29, 1.82) is 0 Å². The number of ether oxygens (including phenoxy) is 1. The van der Waals surface area contributed by atoms with Gasteiger partial charge in [0.05, 0.1) is 5.54 Å². The number of terminal acetylenes is 1. The van der Waals surface area contributed by atoms with E-state index in [1.807, 2.05) is 18.2 Å². The van der Waals surface area contributed by atoms with Crippen LogP contribution in [0.3, 0.4) is 0 Å². The minimum Gasteiger partial charge on any atom is -0.484 e. The zero-order valence-electron chi connectivity index (χ0n) is 14.4. The summed E-state index contributed by atoms with van der Waals surface area (Å²) in [6, 6.07) is 10.7. The van der Waals surface area contributed by atoms with Crippen LogP contribution >= 0.6 is 11.3 Å². The molecule has 0 aliphatic rings. The Hall–Kier alpha value is -3.04. The first-order valence-corrected chi connectivity index (χ1v) is 8.80. The van der Waals surface area contributed by atoms with Crippen molar-refractivity contribution in [1.82, 2.24) is 5.32 Å². The third kappa shape index (κ3) is 3.79. The lowest BCUT2D eigenvalue weighted by molar-refractivity contribution is 0.0881. The highest BCUT2D eigenvalue weighted by Crippen LogP contribution is 2.26. The van der Waals surface area contributed by atoms with Crippen molar-refractivity contribution in [2.24, 2.45) is 0 Å². The van der Waals surface area contributed by atoms with Crippen LogP contribution in [0.5, 0.6) is 5.75 Å². The van der Waals surface area contributed by atoms with Crippen molar-refractivity contribution >= 4 is 34.0 Å². The van der Waals surface area contributed by atoms with E-state index >= 15 is 0 Å². The Morgan fingerprint density at radius 1 is 1.31 bits per heavy atom. The summed E-state index contributed by atoms with van der Waals surface area (Å²) >= 11 is 1.22. The van der Waals surface area contributed by atoms with Gasteiger partial charge in [0.25, 0.3) is 5.91 Å². The number of fused-ring (bicyclic) bond motifs is 1. The van der Waals surface area contributed by atoms with Crippen LogP contribution in [-0.2, 0) is 0 Å². The van der Waals surface area contributed by atoms with Gasteiger partial charge in [-0.2, -0.15) is 0 Å². The number of benzene rings is 1. The number of ketones is 1. The van der Waals surface area contributed by atoms with Gasteiger partial charge in [-0.25, -0.2) is 0 Å². The van der Waals surface area contributed by atoms with E-state index in [0.29, 0.717) is 16.2 Å². The Morgan fingerprint density at radius 3 is 2.81 bits per heavy atom. The van der Waals surface area contributed by atoms with Crippen molar-refractivity contribution < 1.29 is 18.7 Å². The Bertz CT molecular complexity index is 973. The van der Waals surface area contributed by atoms with Gasteiger partial charge >= 0.3 is 0 Å². The number of rotatable bonds is 6.